The summed E-state index contributed by atoms with van der Waals surface area (Å²) >= 11 is 0. The van der Waals surface area contributed by atoms with Crippen LogP contribution in [0.15, 0.2) is 35.4 Å². The number of carbonyl (C=O) groups excluding carboxylic acids is 3. The maximum absolute atomic E-state index is 12.4. The summed E-state index contributed by atoms with van der Waals surface area (Å²) in [6.45, 7) is 2.66. The number of aromatic nitrogens is 2. The van der Waals surface area contributed by atoms with E-state index < -0.39 is 18.7 Å². The third kappa shape index (κ3) is 4.89. The van der Waals surface area contributed by atoms with Gasteiger partial charge < -0.3 is 19.3 Å². The first kappa shape index (κ1) is 20.3. The van der Waals surface area contributed by atoms with E-state index in [1.807, 2.05) is 0 Å². The van der Waals surface area contributed by atoms with E-state index in [9.17, 15) is 19.2 Å². The van der Waals surface area contributed by atoms with Crippen LogP contribution in [-0.4, -0.2) is 76.7 Å². The number of esters is 1. The zero-order valence-electron chi connectivity index (χ0n) is 16.1. The molecule has 1 aromatic carbocycles. The highest BCUT2D eigenvalue weighted by Crippen LogP contribution is 2.06. The second-order valence-corrected chi connectivity index (χ2v) is 6.42. The zero-order chi connectivity index (χ0) is 20.8. The van der Waals surface area contributed by atoms with Crippen LogP contribution in [0, 0.1) is 0 Å². The van der Waals surface area contributed by atoms with Gasteiger partial charge in [-0.1, -0.05) is 12.1 Å². The molecule has 2 amide bonds. The molecule has 1 aliphatic rings. The summed E-state index contributed by atoms with van der Waals surface area (Å²) in [6, 6.07) is 6.83. The second kappa shape index (κ2) is 9.18. The van der Waals surface area contributed by atoms with Gasteiger partial charge in [-0.25, -0.2) is 9.78 Å². The summed E-state index contributed by atoms with van der Waals surface area (Å²) < 4.78 is 11.1. The topological polar surface area (TPSA) is 111 Å². The fraction of sp³-hybridized carbons (Fsp3) is 0.421. The van der Waals surface area contributed by atoms with Crippen molar-refractivity contribution in [1.29, 1.82) is 0 Å². The zero-order valence-corrected chi connectivity index (χ0v) is 16.1. The van der Waals surface area contributed by atoms with Crippen LogP contribution in [0.25, 0.3) is 10.9 Å². The van der Waals surface area contributed by atoms with E-state index in [2.05, 4.69) is 4.98 Å². The molecule has 2 aromatic rings. The lowest BCUT2D eigenvalue weighted by Crippen LogP contribution is -2.51. The first-order valence-electron chi connectivity index (χ1n) is 9.29. The van der Waals surface area contributed by atoms with Crippen molar-refractivity contribution in [2.45, 2.75) is 13.5 Å². The maximum Gasteiger partial charge on any atom is 0.409 e. The van der Waals surface area contributed by atoms with Gasteiger partial charge in [0.1, 0.15) is 6.54 Å². The Bertz CT molecular complexity index is 965. The predicted molar refractivity (Wildman–Crippen MR) is 102 cm³/mol. The number of ether oxygens (including phenoxy) is 2. The third-order valence-corrected chi connectivity index (χ3v) is 4.55. The van der Waals surface area contributed by atoms with Gasteiger partial charge in [0.25, 0.3) is 11.5 Å². The van der Waals surface area contributed by atoms with Crippen LogP contribution in [0.2, 0.25) is 0 Å². The lowest BCUT2D eigenvalue weighted by molar-refractivity contribution is -0.153. The van der Waals surface area contributed by atoms with Crippen molar-refractivity contribution in [2.24, 2.45) is 0 Å². The molecule has 0 spiro atoms. The number of para-hydroxylation sites is 1. The van der Waals surface area contributed by atoms with Gasteiger partial charge in [0, 0.05) is 26.2 Å². The molecule has 29 heavy (non-hydrogen) atoms. The third-order valence-electron chi connectivity index (χ3n) is 4.55. The molecule has 0 saturated carbocycles. The Balaban J connectivity index is 1.49. The highest BCUT2D eigenvalue weighted by Gasteiger charge is 2.25. The van der Waals surface area contributed by atoms with Gasteiger partial charge in [-0.2, -0.15) is 0 Å². The number of hydrogen-bond acceptors (Lipinski definition) is 7. The van der Waals surface area contributed by atoms with Crippen LogP contribution in [0.3, 0.4) is 0 Å². The molecule has 0 radical (unpaired) electrons. The summed E-state index contributed by atoms with van der Waals surface area (Å²) in [4.78, 5) is 55.5. The Morgan fingerprint density at radius 2 is 1.72 bits per heavy atom. The fourth-order valence-corrected chi connectivity index (χ4v) is 2.99. The maximum atomic E-state index is 12.4. The molecule has 0 N–H and O–H groups in total. The van der Waals surface area contributed by atoms with Gasteiger partial charge in [-0.3, -0.25) is 19.0 Å². The molecule has 2 heterocycles. The molecule has 1 aromatic heterocycles. The van der Waals surface area contributed by atoms with Crippen molar-refractivity contribution in [1.82, 2.24) is 19.4 Å². The van der Waals surface area contributed by atoms with Crippen molar-refractivity contribution in [3.8, 4) is 0 Å². The first-order chi connectivity index (χ1) is 14.0. The number of hydrogen-bond donors (Lipinski definition) is 0. The molecular formula is C19H22N4O6. The largest absolute Gasteiger partial charge is 0.454 e. The van der Waals surface area contributed by atoms with Crippen LogP contribution in [-0.2, 0) is 25.6 Å². The van der Waals surface area contributed by atoms with Crippen LogP contribution in [0.4, 0.5) is 4.79 Å². The smallest absolute Gasteiger partial charge is 0.409 e. The van der Waals surface area contributed by atoms with Gasteiger partial charge in [0.15, 0.2) is 6.61 Å². The summed E-state index contributed by atoms with van der Waals surface area (Å²) in [5, 5.41) is 0.401. The Morgan fingerprint density at radius 3 is 2.45 bits per heavy atom. The van der Waals surface area contributed by atoms with Gasteiger partial charge in [0.05, 0.1) is 23.8 Å². The molecule has 0 unspecified atom stereocenters. The Labute approximate surface area is 166 Å². The summed E-state index contributed by atoms with van der Waals surface area (Å²) in [7, 11) is 0. The highest BCUT2D eigenvalue weighted by molar-refractivity contribution is 5.81. The quantitative estimate of drug-likeness (QED) is 0.659. The molecule has 0 aliphatic carbocycles. The normalized spacial score (nSPS) is 14.0. The average molecular weight is 402 g/mol. The van der Waals surface area contributed by atoms with Gasteiger partial charge in [0.2, 0.25) is 0 Å². The molecule has 3 rings (SSSR count). The molecule has 1 fully saturated rings. The number of nitrogens with zero attached hydrogens (tertiary/aromatic N) is 4. The van der Waals surface area contributed by atoms with E-state index in [0.717, 1.165) is 4.57 Å². The summed E-state index contributed by atoms with van der Waals surface area (Å²) in [6.07, 6.45) is 0.878. The monoisotopic (exact) mass is 402 g/mol. The number of fused-ring (bicyclic) bond motifs is 1. The second-order valence-electron chi connectivity index (χ2n) is 6.42. The number of piperazine rings is 1. The van der Waals surface area contributed by atoms with Gasteiger partial charge in [-0.05, 0) is 19.1 Å². The standard InChI is InChI=1S/C19H22N4O6/c1-2-28-19(27)22-9-7-21(8-10-22)16(24)12-29-17(25)11-23-13-20-15-6-4-3-5-14(15)18(23)26/h3-6,13H,2,7-12H2,1H3. The van der Waals surface area contributed by atoms with Crippen LogP contribution in [0.5, 0.6) is 0 Å². The average Bonchev–Trinajstić information content (AvgIpc) is 2.74. The van der Waals surface area contributed by atoms with Gasteiger partial charge >= 0.3 is 12.1 Å². The highest BCUT2D eigenvalue weighted by atomic mass is 16.6. The molecule has 10 heteroatoms. The molecule has 0 bridgehead atoms. The Hall–Kier alpha value is -3.43. The van der Waals surface area contributed by atoms with Gasteiger partial charge in [-0.15, -0.1) is 0 Å². The molecular weight excluding hydrogens is 380 g/mol. The van der Waals surface area contributed by atoms with Crippen molar-refractivity contribution in [3.63, 3.8) is 0 Å². The number of benzene rings is 1. The SMILES string of the molecule is CCOC(=O)N1CCN(C(=O)COC(=O)Cn2cnc3ccccc3c2=O)CC1. The minimum Gasteiger partial charge on any atom is -0.454 e. The summed E-state index contributed by atoms with van der Waals surface area (Å²) in [5.41, 5.74) is 0.188. The van der Waals surface area contributed by atoms with Crippen molar-refractivity contribution in [3.05, 3.63) is 40.9 Å². The molecule has 1 aliphatic heterocycles. The lowest BCUT2D eigenvalue weighted by Gasteiger charge is -2.33. The van der Waals surface area contributed by atoms with Crippen LogP contribution in [0.1, 0.15) is 6.92 Å². The van der Waals surface area contributed by atoms with E-state index in [4.69, 9.17) is 9.47 Å². The van der Waals surface area contributed by atoms with E-state index in [-0.39, 0.29) is 18.0 Å². The fourth-order valence-electron chi connectivity index (χ4n) is 2.99. The van der Waals surface area contributed by atoms with E-state index in [0.29, 0.717) is 43.7 Å². The van der Waals surface area contributed by atoms with E-state index in [1.165, 1.54) is 16.1 Å². The molecule has 0 atom stereocenters. The Morgan fingerprint density at radius 1 is 1.03 bits per heavy atom. The number of rotatable bonds is 5. The minimum absolute atomic E-state index is 0.295. The van der Waals surface area contributed by atoms with Crippen molar-refractivity contribution < 1.29 is 23.9 Å². The van der Waals surface area contributed by atoms with Crippen molar-refractivity contribution in [2.75, 3.05) is 39.4 Å². The van der Waals surface area contributed by atoms with E-state index >= 15 is 0 Å². The summed E-state index contributed by atoms with van der Waals surface area (Å²) in [5.74, 6) is -1.06. The van der Waals surface area contributed by atoms with Crippen LogP contribution >= 0.6 is 0 Å². The lowest BCUT2D eigenvalue weighted by atomic mass is 10.2. The van der Waals surface area contributed by atoms with E-state index in [1.54, 1.807) is 31.2 Å². The molecule has 154 valence electrons. The number of carbonyl (C=O) groups is 3. The molecule has 1 saturated heterocycles. The Kier molecular flexibility index (Phi) is 6.43. The minimum atomic E-state index is -0.706. The van der Waals surface area contributed by atoms with Crippen LogP contribution < -0.4 is 5.56 Å². The van der Waals surface area contributed by atoms with Crippen molar-refractivity contribution >= 4 is 28.9 Å². The predicted octanol–water partition coefficient (Wildman–Crippen LogP) is 0.240. The number of amides is 2. The first-order valence-corrected chi connectivity index (χ1v) is 9.29. The molecule has 10 nitrogen and oxygen atoms in total.